The number of nitrogens with zero attached hydrogens (tertiary/aromatic N) is 4. The monoisotopic (exact) mass is 422 g/mol. The van der Waals surface area contributed by atoms with E-state index in [0.29, 0.717) is 11.6 Å². The number of aliphatic hydroxyl groups is 1. The van der Waals surface area contributed by atoms with Crippen LogP contribution in [0.2, 0.25) is 0 Å². The lowest BCUT2D eigenvalue weighted by molar-refractivity contribution is -0.0128. The second-order valence-corrected chi connectivity index (χ2v) is 7.47. The van der Waals surface area contributed by atoms with Gasteiger partial charge in [0.2, 0.25) is 0 Å². The van der Waals surface area contributed by atoms with Gasteiger partial charge in [-0.2, -0.15) is 5.10 Å². The van der Waals surface area contributed by atoms with Crippen molar-refractivity contribution >= 4 is 16.7 Å². The van der Waals surface area contributed by atoms with Gasteiger partial charge in [0, 0.05) is 24.2 Å². The fourth-order valence-corrected chi connectivity index (χ4v) is 3.68. The van der Waals surface area contributed by atoms with Crippen molar-refractivity contribution in [1.82, 2.24) is 19.7 Å². The molecule has 6 nitrogen and oxygen atoms in total. The molecule has 1 N–H and O–H groups in total. The highest BCUT2D eigenvalue weighted by Gasteiger charge is 2.36. The van der Waals surface area contributed by atoms with Gasteiger partial charge >= 0.3 is 0 Å². The van der Waals surface area contributed by atoms with Gasteiger partial charge in [-0.1, -0.05) is 36.4 Å². The van der Waals surface area contributed by atoms with Crippen molar-refractivity contribution in [3.05, 3.63) is 96.1 Å². The SMILES string of the molecule is CN(CC(O)(Cn1cncn1)c1ccc(F)cc1F)C(=O)c1ccc2ccccc2c1. The number of amides is 1. The Hall–Kier alpha value is -3.65. The van der Waals surface area contributed by atoms with Crippen molar-refractivity contribution in [3.8, 4) is 0 Å². The van der Waals surface area contributed by atoms with Gasteiger partial charge in [-0.15, -0.1) is 0 Å². The Kier molecular flexibility index (Phi) is 5.48. The summed E-state index contributed by atoms with van der Waals surface area (Å²) in [6, 6.07) is 15.9. The molecule has 1 heterocycles. The molecule has 31 heavy (non-hydrogen) atoms. The van der Waals surface area contributed by atoms with E-state index in [-0.39, 0.29) is 24.6 Å². The van der Waals surface area contributed by atoms with Crippen LogP contribution in [0.25, 0.3) is 10.8 Å². The van der Waals surface area contributed by atoms with E-state index in [2.05, 4.69) is 10.1 Å². The minimum absolute atomic E-state index is 0.137. The lowest BCUT2D eigenvalue weighted by Crippen LogP contribution is -2.45. The lowest BCUT2D eigenvalue weighted by Gasteiger charge is -2.33. The summed E-state index contributed by atoms with van der Waals surface area (Å²) in [5, 5.41) is 17.3. The first-order chi connectivity index (χ1) is 14.9. The van der Waals surface area contributed by atoms with E-state index in [9.17, 15) is 18.7 Å². The molecule has 0 fully saturated rings. The van der Waals surface area contributed by atoms with Crippen molar-refractivity contribution in [2.45, 2.75) is 12.1 Å². The summed E-state index contributed by atoms with van der Waals surface area (Å²) in [4.78, 5) is 18.2. The molecule has 0 saturated carbocycles. The highest BCUT2D eigenvalue weighted by atomic mass is 19.1. The number of carbonyl (C=O) groups is 1. The Bertz CT molecular complexity index is 1230. The third-order valence-electron chi connectivity index (χ3n) is 5.16. The van der Waals surface area contributed by atoms with Crippen LogP contribution in [0.1, 0.15) is 15.9 Å². The number of fused-ring (bicyclic) bond motifs is 1. The normalized spacial score (nSPS) is 13.2. The molecule has 4 aromatic rings. The van der Waals surface area contributed by atoms with E-state index >= 15 is 0 Å². The molecule has 0 aliphatic carbocycles. The number of aromatic nitrogens is 3. The van der Waals surface area contributed by atoms with Crippen LogP contribution in [-0.2, 0) is 12.1 Å². The van der Waals surface area contributed by atoms with Crippen LogP contribution in [0, 0.1) is 11.6 Å². The Morgan fingerprint density at radius 3 is 2.58 bits per heavy atom. The molecule has 0 aliphatic rings. The Morgan fingerprint density at radius 1 is 1.10 bits per heavy atom. The zero-order chi connectivity index (χ0) is 22.0. The smallest absolute Gasteiger partial charge is 0.253 e. The maximum absolute atomic E-state index is 14.6. The molecule has 0 spiro atoms. The second kappa shape index (κ2) is 8.23. The molecule has 1 atom stereocenters. The number of hydrogen-bond donors (Lipinski definition) is 1. The van der Waals surface area contributed by atoms with Crippen LogP contribution in [0.3, 0.4) is 0 Å². The topological polar surface area (TPSA) is 71.2 Å². The van der Waals surface area contributed by atoms with Gasteiger partial charge in [0.15, 0.2) is 0 Å². The second-order valence-electron chi connectivity index (χ2n) is 7.47. The summed E-state index contributed by atoms with van der Waals surface area (Å²) in [5.41, 5.74) is -1.57. The summed E-state index contributed by atoms with van der Waals surface area (Å²) >= 11 is 0. The van der Waals surface area contributed by atoms with Crippen molar-refractivity contribution in [3.63, 3.8) is 0 Å². The van der Waals surface area contributed by atoms with E-state index in [0.717, 1.165) is 16.8 Å². The first kappa shape index (κ1) is 20.6. The maximum Gasteiger partial charge on any atom is 0.253 e. The van der Waals surface area contributed by atoms with Gasteiger partial charge in [0.05, 0.1) is 13.1 Å². The Morgan fingerprint density at radius 2 is 1.87 bits per heavy atom. The number of halogens is 2. The molecule has 158 valence electrons. The summed E-state index contributed by atoms with van der Waals surface area (Å²) < 4.78 is 29.3. The first-order valence-corrected chi connectivity index (χ1v) is 9.60. The van der Waals surface area contributed by atoms with Crippen LogP contribution < -0.4 is 0 Å². The number of likely N-dealkylation sites (N-methyl/N-ethyl adjacent to an activating group) is 1. The number of benzene rings is 3. The molecule has 0 aliphatic heterocycles. The van der Waals surface area contributed by atoms with Crippen molar-refractivity contribution in [2.24, 2.45) is 0 Å². The molecular weight excluding hydrogens is 402 g/mol. The minimum Gasteiger partial charge on any atom is -0.381 e. The van der Waals surface area contributed by atoms with E-state index in [4.69, 9.17) is 0 Å². The number of hydrogen-bond acceptors (Lipinski definition) is 4. The number of rotatable bonds is 6. The summed E-state index contributed by atoms with van der Waals surface area (Å²) in [6.45, 7) is -0.425. The molecular formula is C23H20F2N4O2. The van der Waals surface area contributed by atoms with Gasteiger partial charge in [0.25, 0.3) is 5.91 Å². The van der Waals surface area contributed by atoms with Crippen LogP contribution >= 0.6 is 0 Å². The standard InChI is InChI=1S/C23H20F2N4O2/c1-28(22(30)18-7-6-16-4-2-3-5-17(16)10-18)12-23(31,13-29-15-26-14-27-29)20-9-8-19(24)11-21(20)25/h2-11,14-15,31H,12-13H2,1H3. The first-order valence-electron chi connectivity index (χ1n) is 9.60. The van der Waals surface area contributed by atoms with Gasteiger partial charge in [-0.3, -0.25) is 4.79 Å². The average molecular weight is 422 g/mol. The fourth-order valence-electron chi connectivity index (χ4n) is 3.68. The van der Waals surface area contributed by atoms with Crippen LogP contribution in [-0.4, -0.2) is 44.3 Å². The third kappa shape index (κ3) is 4.29. The van der Waals surface area contributed by atoms with E-state index in [1.54, 1.807) is 12.1 Å². The highest BCUT2D eigenvalue weighted by molar-refractivity contribution is 5.98. The highest BCUT2D eigenvalue weighted by Crippen LogP contribution is 2.28. The van der Waals surface area contributed by atoms with Gasteiger partial charge in [-0.05, 0) is 29.0 Å². The van der Waals surface area contributed by atoms with E-state index in [1.807, 2.05) is 30.3 Å². The fraction of sp³-hybridized carbons (Fsp3) is 0.174. The van der Waals surface area contributed by atoms with Crippen molar-refractivity contribution in [2.75, 3.05) is 13.6 Å². The van der Waals surface area contributed by atoms with Crippen molar-refractivity contribution < 1.29 is 18.7 Å². The molecule has 1 aromatic heterocycles. The molecule has 8 heteroatoms. The molecule has 0 bridgehead atoms. The number of carbonyl (C=O) groups excluding carboxylic acids is 1. The molecule has 4 rings (SSSR count). The predicted octanol–water partition coefficient (Wildman–Crippen LogP) is 3.37. The lowest BCUT2D eigenvalue weighted by atomic mass is 9.92. The van der Waals surface area contributed by atoms with Gasteiger partial charge in [-0.25, -0.2) is 18.4 Å². The minimum atomic E-state index is -1.87. The van der Waals surface area contributed by atoms with Crippen LogP contribution in [0.4, 0.5) is 8.78 Å². The van der Waals surface area contributed by atoms with Crippen LogP contribution in [0.5, 0.6) is 0 Å². The largest absolute Gasteiger partial charge is 0.381 e. The Labute approximate surface area is 177 Å². The quantitative estimate of drug-likeness (QED) is 0.517. The summed E-state index contributed by atoms with van der Waals surface area (Å²) in [7, 11) is 1.52. The third-order valence-corrected chi connectivity index (χ3v) is 5.16. The summed E-state index contributed by atoms with van der Waals surface area (Å²) in [5.74, 6) is -2.01. The molecule has 1 unspecified atom stereocenters. The zero-order valence-corrected chi connectivity index (χ0v) is 16.7. The molecule has 0 saturated heterocycles. The van der Waals surface area contributed by atoms with Crippen LogP contribution in [0.15, 0.2) is 73.3 Å². The van der Waals surface area contributed by atoms with E-state index in [1.165, 1.54) is 35.4 Å². The predicted molar refractivity (Wildman–Crippen MR) is 111 cm³/mol. The maximum atomic E-state index is 14.6. The molecule has 1 amide bonds. The summed E-state index contributed by atoms with van der Waals surface area (Å²) in [6.07, 6.45) is 2.66. The Balaban J connectivity index is 1.65. The zero-order valence-electron chi connectivity index (χ0n) is 16.7. The van der Waals surface area contributed by atoms with Crippen molar-refractivity contribution in [1.29, 1.82) is 0 Å². The molecule has 3 aromatic carbocycles. The van der Waals surface area contributed by atoms with Gasteiger partial charge in [0.1, 0.15) is 29.9 Å². The van der Waals surface area contributed by atoms with E-state index < -0.39 is 17.2 Å². The molecule has 0 radical (unpaired) electrons. The van der Waals surface area contributed by atoms with Gasteiger partial charge < -0.3 is 10.0 Å². The average Bonchev–Trinajstić information content (AvgIpc) is 3.25.